The molecule has 4 heteroatoms. The van der Waals surface area contributed by atoms with Gasteiger partial charge in [0.1, 0.15) is 17.7 Å². The van der Waals surface area contributed by atoms with Crippen LogP contribution in [0.3, 0.4) is 0 Å². The van der Waals surface area contributed by atoms with E-state index < -0.39 is 0 Å². The number of rotatable bonds is 3. The monoisotopic (exact) mass is 243 g/mol. The van der Waals surface area contributed by atoms with Gasteiger partial charge in [-0.15, -0.1) is 0 Å². The number of aryl methyl sites for hydroxylation is 2. The summed E-state index contributed by atoms with van der Waals surface area (Å²) in [5.41, 5.74) is 2.60. The minimum atomic E-state index is 0.198. The van der Waals surface area contributed by atoms with Gasteiger partial charge in [0.2, 0.25) is 0 Å². The topological polar surface area (TPSA) is 39.1 Å². The van der Waals surface area contributed by atoms with Gasteiger partial charge in [0.25, 0.3) is 0 Å². The molecule has 0 fully saturated rings. The van der Waals surface area contributed by atoms with Crippen molar-refractivity contribution in [1.82, 2.24) is 9.78 Å². The van der Waals surface area contributed by atoms with E-state index in [-0.39, 0.29) is 6.10 Å². The Morgan fingerprint density at radius 3 is 3.11 bits per heavy atom. The number of benzene rings is 1. The number of aromatic nitrogens is 2. The molecule has 3 rings (SSSR count). The summed E-state index contributed by atoms with van der Waals surface area (Å²) >= 11 is 0. The Hall–Kier alpha value is -1.97. The van der Waals surface area contributed by atoms with Gasteiger partial charge in [0.15, 0.2) is 0 Å². The second-order valence-electron chi connectivity index (χ2n) is 4.81. The third kappa shape index (κ3) is 2.18. The smallest absolute Gasteiger partial charge is 0.148 e. The van der Waals surface area contributed by atoms with Crippen LogP contribution in [0.1, 0.15) is 11.1 Å². The van der Waals surface area contributed by atoms with Crippen LogP contribution in [-0.2, 0) is 13.5 Å². The molecular weight excluding hydrogens is 226 g/mol. The Morgan fingerprint density at radius 1 is 1.44 bits per heavy atom. The molecular formula is C14H17N3O. The maximum atomic E-state index is 5.89. The fourth-order valence-electron chi connectivity index (χ4n) is 2.29. The van der Waals surface area contributed by atoms with Crippen molar-refractivity contribution >= 4 is 5.82 Å². The maximum Gasteiger partial charge on any atom is 0.148 e. The quantitative estimate of drug-likeness (QED) is 0.897. The number of ether oxygens (including phenoxy) is 1. The molecule has 0 aliphatic carbocycles. The van der Waals surface area contributed by atoms with Crippen LogP contribution in [-0.4, -0.2) is 22.4 Å². The molecule has 1 aliphatic heterocycles. The fraction of sp³-hybridized carbons (Fsp3) is 0.357. The first-order valence-corrected chi connectivity index (χ1v) is 6.20. The molecule has 1 aromatic carbocycles. The van der Waals surface area contributed by atoms with Crippen molar-refractivity contribution in [2.45, 2.75) is 19.4 Å². The second-order valence-corrected chi connectivity index (χ2v) is 4.81. The summed E-state index contributed by atoms with van der Waals surface area (Å²) < 4.78 is 7.68. The van der Waals surface area contributed by atoms with Crippen LogP contribution in [0.15, 0.2) is 30.5 Å². The van der Waals surface area contributed by atoms with Crippen molar-refractivity contribution in [3.8, 4) is 5.75 Å². The van der Waals surface area contributed by atoms with E-state index in [2.05, 4.69) is 35.5 Å². The molecule has 1 aromatic heterocycles. The SMILES string of the molecule is Cc1ccc2c(c1)CC(CNc1ccn(C)n1)O2. The minimum absolute atomic E-state index is 0.198. The lowest BCUT2D eigenvalue weighted by Gasteiger charge is -2.11. The predicted octanol–water partition coefficient (Wildman–Crippen LogP) is 2.14. The third-order valence-electron chi connectivity index (χ3n) is 3.18. The molecule has 94 valence electrons. The number of hydrogen-bond acceptors (Lipinski definition) is 3. The first kappa shape index (κ1) is 11.1. The van der Waals surface area contributed by atoms with E-state index in [0.29, 0.717) is 0 Å². The molecule has 1 atom stereocenters. The van der Waals surface area contributed by atoms with E-state index in [4.69, 9.17) is 4.74 Å². The van der Waals surface area contributed by atoms with Gasteiger partial charge < -0.3 is 10.1 Å². The first-order chi connectivity index (χ1) is 8.70. The van der Waals surface area contributed by atoms with E-state index in [1.165, 1.54) is 11.1 Å². The van der Waals surface area contributed by atoms with E-state index >= 15 is 0 Å². The fourth-order valence-corrected chi connectivity index (χ4v) is 2.29. The van der Waals surface area contributed by atoms with Gasteiger partial charge >= 0.3 is 0 Å². The molecule has 2 heterocycles. The lowest BCUT2D eigenvalue weighted by atomic mass is 10.1. The zero-order valence-electron chi connectivity index (χ0n) is 10.7. The zero-order chi connectivity index (χ0) is 12.5. The normalized spacial score (nSPS) is 17.3. The van der Waals surface area contributed by atoms with Gasteiger partial charge in [-0.05, 0) is 18.6 Å². The molecule has 1 N–H and O–H groups in total. The van der Waals surface area contributed by atoms with Crippen molar-refractivity contribution in [3.63, 3.8) is 0 Å². The van der Waals surface area contributed by atoms with Crippen molar-refractivity contribution in [2.75, 3.05) is 11.9 Å². The number of fused-ring (bicyclic) bond motifs is 1. The zero-order valence-corrected chi connectivity index (χ0v) is 10.7. The second kappa shape index (κ2) is 4.37. The van der Waals surface area contributed by atoms with Crippen LogP contribution in [0.5, 0.6) is 5.75 Å². The maximum absolute atomic E-state index is 5.89. The minimum Gasteiger partial charge on any atom is -0.488 e. The third-order valence-corrected chi connectivity index (χ3v) is 3.18. The Kier molecular flexibility index (Phi) is 2.70. The standard InChI is InChI=1S/C14H17N3O/c1-10-3-4-13-11(7-10)8-12(18-13)9-15-14-5-6-17(2)16-14/h3-7,12H,8-9H2,1-2H3,(H,15,16). The lowest BCUT2D eigenvalue weighted by Crippen LogP contribution is -2.24. The highest BCUT2D eigenvalue weighted by molar-refractivity contribution is 5.41. The van der Waals surface area contributed by atoms with Crippen molar-refractivity contribution in [1.29, 1.82) is 0 Å². The molecule has 18 heavy (non-hydrogen) atoms. The molecule has 0 bridgehead atoms. The predicted molar refractivity (Wildman–Crippen MR) is 71.0 cm³/mol. The van der Waals surface area contributed by atoms with Crippen molar-refractivity contribution in [3.05, 3.63) is 41.6 Å². The van der Waals surface area contributed by atoms with Crippen LogP contribution in [0, 0.1) is 6.92 Å². The van der Waals surface area contributed by atoms with Gasteiger partial charge in [-0.1, -0.05) is 17.7 Å². The van der Waals surface area contributed by atoms with Crippen molar-refractivity contribution in [2.24, 2.45) is 7.05 Å². The molecule has 2 aromatic rings. The van der Waals surface area contributed by atoms with E-state index in [0.717, 1.165) is 24.5 Å². The highest BCUT2D eigenvalue weighted by Crippen LogP contribution is 2.29. The molecule has 0 spiro atoms. The lowest BCUT2D eigenvalue weighted by molar-refractivity contribution is 0.246. The number of nitrogens with one attached hydrogen (secondary N) is 1. The molecule has 0 amide bonds. The van der Waals surface area contributed by atoms with Crippen LogP contribution >= 0.6 is 0 Å². The van der Waals surface area contributed by atoms with E-state index in [9.17, 15) is 0 Å². The summed E-state index contributed by atoms with van der Waals surface area (Å²) in [6.45, 7) is 2.89. The van der Waals surface area contributed by atoms with Gasteiger partial charge in [-0.3, -0.25) is 4.68 Å². The number of anilines is 1. The van der Waals surface area contributed by atoms with E-state index in [1.54, 1.807) is 4.68 Å². The Labute approximate surface area is 107 Å². The average molecular weight is 243 g/mol. The van der Waals surface area contributed by atoms with E-state index in [1.807, 2.05) is 19.3 Å². The van der Waals surface area contributed by atoms with Gasteiger partial charge in [-0.25, -0.2) is 0 Å². The summed E-state index contributed by atoms with van der Waals surface area (Å²) in [6.07, 6.45) is 3.09. The average Bonchev–Trinajstić information content (AvgIpc) is 2.92. The van der Waals surface area contributed by atoms with Gasteiger partial charge in [0.05, 0.1) is 6.54 Å². The Bertz CT molecular complexity index is 562. The largest absolute Gasteiger partial charge is 0.488 e. The molecule has 0 saturated carbocycles. The highest BCUT2D eigenvalue weighted by atomic mass is 16.5. The molecule has 4 nitrogen and oxygen atoms in total. The highest BCUT2D eigenvalue weighted by Gasteiger charge is 2.22. The number of hydrogen-bond donors (Lipinski definition) is 1. The molecule has 1 unspecified atom stereocenters. The summed E-state index contributed by atoms with van der Waals surface area (Å²) in [5, 5.41) is 7.58. The first-order valence-electron chi connectivity index (χ1n) is 6.20. The summed E-state index contributed by atoms with van der Waals surface area (Å²) in [4.78, 5) is 0. The van der Waals surface area contributed by atoms with Crippen molar-refractivity contribution < 1.29 is 4.74 Å². The summed E-state index contributed by atoms with van der Waals surface area (Å²) in [6, 6.07) is 8.32. The van der Waals surface area contributed by atoms with Crippen LogP contribution in [0.25, 0.3) is 0 Å². The van der Waals surface area contributed by atoms with Crippen LogP contribution < -0.4 is 10.1 Å². The molecule has 1 aliphatic rings. The molecule has 0 saturated heterocycles. The summed E-state index contributed by atoms with van der Waals surface area (Å²) in [5.74, 6) is 1.92. The van der Waals surface area contributed by atoms with Gasteiger partial charge in [0, 0.05) is 25.7 Å². The molecule has 0 radical (unpaired) electrons. The van der Waals surface area contributed by atoms with Crippen LogP contribution in [0.2, 0.25) is 0 Å². The number of nitrogens with zero attached hydrogens (tertiary/aromatic N) is 2. The Morgan fingerprint density at radius 2 is 2.33 bits per heavy atom. The van der Waals surface area contributed by atoms with Gasteiger partial charge in [-0.2, -0.15) is 5.10 Å². The summed E-state index contributed by atoms with van der Waals surface area (Å²) in [7, 11) is 1.91. The van der Waals surface area contributed by atoms with Crippen LogP contribution in [0.4, 0.5) is 5.82 Å². The Balaban J connectivity index is 1.61.